The van der Waals surface area contributed by atoms with Gasteiger partial charge in [0.15, 0.2) is 25.0 Å². The van der Waals surface area contributed by atoms with Crippen molar-refractivity contribution in [3.05, 3.63) is 11.6 Å². The highest BCUT2D eigenvalue weighted by molar-refractivity contribution is 6.75. The summed E-state index contributed by atoms with van der Waals surface area (Å²) < 4.78 is 39.9. The SMILES string of the molecule is C[C@@H](CCO[Si](C)(C)C(C)(C)C)OC(=O)C1=CC[C@@H](O[Si](C)(C)C(C)(C)C)[C@@H](CCCF)[C@H]1O[Si](C)(C)C(C)(C)C. The van der Waals surface area contributed by atoms with Crippen molar-refractivity contribution in [1.29, 1.82) is 0 Å². The fourth-order valence-electron chi connectivity index (χ4n) is 4.15. The molecule has 1 aliphatic carbocycles. The number of alkyl halides is 1. The molecule has 5 nitrogen and oxygen atoms in total. The van der Waals surface area contributed by atoms with Gasteiger partial charge in [-0.3, -0.25) is 4.39 Å². The monoisotopic (exact) mass is 632 g/mol. The van der Waals surface area contributed by atoms with Crippen LogP contribution in [0.3, 0.4) is 0 Å². The summed E-state index contributed by atoms with van der Waals surface area (Å²) >= 11 is 0. The van der Waals surface area contributed by atoms with Gasteiger partial charge in [0.05, 0.1) is 24.5 Å². The molecule has 0 radical (unpaired) electrons. The Bertz CT molecular complexity index is 881. The molecule has 1 aliphatic rings. The zero-order valence-corrected chi connectivity index (χ0v) is 32.5. The number of hydrogen-bond acceptors (Lipinski definition) is 5. The van der Waals surface area contributed by atoms with Crippen molar-refractivity contribution in [2.45, 2.75) is 168 Å². The van der Waals surface area contributed by atoms with E-state index in [0.717, 1.165) is 0 Å². The lowest BCUT2D eigenvalue weighted by Crippen LogP contribution is -2.53. The minimum absolute atomic E-state index is 0.0399. The highest BCUT2D eigenvalue weighted by Crippen LogP contribution is 2.45. The molecule has 0 unspecified atom stereocenters. The van der Waals surface area contributed by atoms with Crippen LogP contribution in [0.25, 0.3) is 0 Å². The van der Waals surface area contributed by atoms with Crippen LogP contribution in [0.5, 0.6) is 0 Å². The van der Waals surface area contributed by atoms with E-state index in [0.29, 0.717) is 37.9 Å². The lowest BCUT2D eigenvalue weighted by Gasteiger charge is -2.48. The van der Waals surface area contributed by atoms with Crippen LogP contribution in [-0.4, -0.2) is 62.5 Å². The summed E-state index contributed by atoms with van der Waals surface area (Å²) in [5.41, 5.74) is 0.575. The predicted molar refractivity (Wildman–Crippen MR) is 179 cm³/mol. The Labute approximate surface area is 256 Å². The fourth-order valence-corrected chi connectivity index (χ4v) is 7.88. The second-order valence-electron chi connectivity index (χ2n) is 16.7. The topological polar surface area (TPSA) is 54.0 Å². The van der Waals surface area contributed by atoms with E-state index in [-0.39, 0.29) is 39.2 Å². The maximum Gasteiger partial charge on any atom is 0.336 e. The Morgan fingerprint density at radius 2 is 1.37 bits per heavy atom. The second-order valence-corrected chi connectivity index (χ2v) is 31.0. The van der Waals surface area contributed by atoms with E-state index in [1.165, 1.54) is 0 Å². The number of carbonyl (C=O) groups is 1. The summed E-state index contributed by atoms with van der Waals surface area (Å²) in [6, 6.07) is 0. The van der Waals surface area contributed by atoms with Crippen LogP contribution in [0.1, 0.15) is 94.9 Å². The van der Waals surface area contributed by atoms with Crippen LogP contribution in [0.4, 0.5) is 4.39 Å². The van der Waals surface area contributed by atoms with Gasteiger partial charge in [-0.2, -0.15) is 0 Å². The van der Waals surface area contributed by atoms with Gasteiger partial charge in [0.1, 0.15) is 6.10 Å². The highest BCUT2D eigenvalue weighted by atomic mass is 28.4. The molecule has 0 heterocycles. The van der Waals surface area contributed by atoms with Crippen LogP contribution >= 0.6 is 0 Å². The molecule has 0 saturated carbocycles. The van der Waals surface area contributed by atoms with Crippen molar-refractivity contribution in [2.24, 2.45) is 5.92 Å². The maximum absolute atomic E-state index is 13.8. The Hall–Kier alpha value is -0.329. The van der Waals surface area contributed by atoms with E-state index in [2.05, 4.69) is 102 Å². The molecule has 9 heteroatoms. The molecular formula is C32H65FO5Si3. The van der Waals surface area contributed by atoms with Crippen molar-refractivity contribution < 1.29 is 27.2 Å². The fraction of sp³-hybridized carbons (Fsp3) is 0.906. The van der Waals surface area contributed by atoms with Crippen molar-refractivity contribution in [2.75, 3.05) is 13.3 Å². The van der Waals surface area contributed by atoms with Gasteiger partial charge in [0, 0.05) is 18.9 Å². The third kappa shape index (κ3) is 10.7. The van der Waals surface area contributed by atoms with Gasteiger partial charge in [0.2, 0.25) is 0 Å². The number of rotatable bonds is 13. The first-order chi connectivity index (χ1) is 18.3. The number of esters is 1. The lowest BCUT2D eigenvalue weighted by molar-refractivity contribution is -0.146. The molecule has 0 fully saturated rings. The summed E-state index contributed by atoms with van der Waals surface area (Å²) in [5, 5.41) is 0.123. The molecule has 4 atom stereocenters. The molecule has 0 spiro atoms. The first kappa shape index (κ1) is 38.7. The molecular weight excluding hydrogens is 568 g/mol. The van der Waals surface area contributed by atoms with Gasteiger partial charge in [-0.1, -0.05) is 68.4 Å². The molecule has 242 valence electrons. The summed E-state index contributed by atoms with van der Waals surface area (Å²) in [7, 11) is -6.27. The van der Waals surface area contributed by atoms with E-state index in [1.54, 1.807) is 0 Å². The Morgan fingerprint density at radius 1 is 0.878 bits per heavy atom. The van der Waals surface area contributed by atoms with Gasteiger partial charge in [-0.05, 0) is 80.6 Å². The largest absolute Gasteiger partial charge is 0.459 e. The summed E-state index contributed by atoms with van der Waals surface area (Å²) in [4.78, 5) is 13.8. The molecule has 41 heavy (non-hydrogen) atoms. The predicted octanol–water partition coefficient (Wildman–Crippen LogP) is 9.81. The average Bonchev–Trinajstić information content (AvgIpc) is 2.75. The quantitative estimate of drug-likeness (QED) is 0.149. The van der Waals surface area contributed by atoms with Crippen LogP contribution in [0.2, 0.25) is 54.4 Å². The van der Waals surface area contributed by atoms with Gasteiger partial charge in [-0.15, -0.1) is 0 Å². The number of halogens is 1. The van der Waals surface area contributed by atoms with E-state index >= 15 is 0 Å². The molecule has 0 aromatic heterocycles. The number of ether oxygens (including phenoxy) is 1. The van der Waals surface area contributed by atoms with E-state index in [1.807, 2.05) is 13.0 Å². The molecule has 0 bridgehead atoms. The summed E-state index contributed by atoms with van der Waals surface area (Å²) in [6.45, 7) is 35.5. The van der Waals surface area contributed by atoms with Gasteiger partial charge in [0.25, 0.3) is 0 Å². The first-order valence-corrected chi connectivity index (χ1v) is 24.5. The summed E-state index contributed by atoms with van der Waals surface area (Å²) in [6.07, 6.45) is 3.38. The first-order valence-electron chi connectivity index (χ1n) is 15.7. The average molecular weight is 633 g/mol. The van der Waals surface area contributed by atoms with Crippen molar-refractivity contribution in [3.63, 3.8) is 0 Å². The molecule has 1 rings (SSSR count). The van der Waals surface area contributed by atoms with E-state index < -0.39 is 37.7 Å². The summed E-state index contributed by atoms with van der Waals surface area (Å²) in [5.74, 6) is -0.441. The number of hydrogen-bond donors (Lipinski definition) is 0. The Morgan fingerprint density at radius 3 is 1.83 bits per heavy atom. The maximum atomic E-state index is 13.8. The van der Waals surface area contributed by atoms with E-state index in [9.17, 15) is 9.18 Å². The molecule has 0 aromatic rings. The van der Waals surface area contributed by atoms with Crippen LogP contribution < -0.4 is 0 Å². The second kappa shape index (κ2) is 14.2. The zero-order chi connectivity index (χ0) is 32.2. The van der Waals surface area contributed by atoms with Crippen LogP contribution in [0.15, 0.2) is 11.6 Å². The van der Waals surface area contributed by atoms with Gasteiger partial charge >= 0.3 is 5.97 Å². The normalized spacial score (nSPS) is 22.4. The molecule has 0 N–H and O–H groups in total. The van der Waals surface area contributed by atoms with E-state index in [4.69, 9.17) is 18.0 Å². The molecule has 0 amide bonds. The third-order valence-electron chi connectivity index (χ3n) is 10.2. The van der Waals surface area contributed by atoms with Crippen molar-refractivity contribution >= 4 is 30.9 Å². The lowest BCUT2D eigenvalue weighted by atomic mass is 9.81. The minimum atomic E-state index is -2.29. The molecule has 0 saturated heterocycles. The Kier molecular flexibility index (Phi) is 13.4. The number of carbonyl (C=O) groups excluding carboxylic acids is 1. The zero-order valence-electron chi connectivity index (χ0n) is 29.5. The van der Waals surface area contributed by atoms with Crippen LogP contribution in [0, 0.1) is 5.92 Å². The van der Waals surface area contributed by atoms with Gasteiger partial charge in [-0.25, -0.2) is 4.79 Å². The van der Waals surface area contributed by atoms with Crippen LogP contribution in [-0.2, 0) is 22.8 Å². The smallest absolute Gasteiger partial charge is 0.336 e. The molecule has 0 aliphatic heterocycles. The third-order valence-corrected chi connectivity index (χ3v) is 23.7. The standard InChI is InChI=1S/C32H65FO5Si3/c1-24(21-23-35-39(11,12)30(2,3)4)36-29(34)26-19-20-27(37-40(13,14)31(5,6)7)25(18-17-22-33)28(26)38-41(15,16)32(8,9)10/h19,24-25,27-28H,17-18,20-23H2,1-16H3/t24-,25+,27+,28+/m0/s1. The minimum Gasteiger partial charge on any atom is -0.459 e. The van der Waals surface area contributed by atoms with Crippen molar-refractivity contribution in [3.8, 4) is 0 Å². The van der Waals surface area contributed by atoms with Gasteiger partial charge < -0.3 is 18.0 Å². The van der Waals surface area contributed by atoms with Crippen molar-refractivity contribution in [1.82, 2.24) is 0 Å². The molecule has 0 aromatic carbocycles. The highest BCUT2D eigenvalue weighted by Gasteiger charge is 2.49. The Balaban J connectivity index is 3.31.